The van der Waals surface area contributed by atoms with Crippen molar-refractivity contribution < 1.29 is 4.79 Å². The van der Waals surface area contributed by atoms with Crippen molar-refractivity contribution in [2.45, 2.75) is 44.7 Å². The Labute approximate surface area is 143 Å². The first-order chi connectivity index (χ1) is 11.8. The monoisotopic (exact) mass is 332 g/mol. The van der Waals surface area contributed by atoms with Crippen molar-refractivity contribution >= 4 is 11.9 Å². The Morgan fingerprint density at radius 2 is 2.17 bits per heavy atom. The first-order valence-electron chi connectivity index (χ1n) is 8.99. The molecule has 1 aromatic rings. The smallest absolute Gasteiger partial charge is 0.225 e. The number of guanidine groups is 1. The van der Waals surface area contributed by atoms with Crippen LogP contribution in [0.5, 0.6) is 0 Å². The number of carbonyl (C=O) groups is 1. The molecule has 1 saturated heterocycles. The van der Waals surface area contributed by atoms with Gasteiger partial charge in [-0.15, -0.1) is 0 Å². The lowest BCUT2D eigenvalue weighted by molar-refractivity contribution is -0.134. The van der Waals surface area contributed by atoms with Gasteiger partial charge in [-0.1, -0.05) is 12.8 Å². The molecule has 1 unspecified atom stereocenters. The standard InChI is InChI=1S/C17H28N6O/c1-18-17(19-9-12-23-10-4-8-20-23)21-15-7-11-22(13-15)16(24)14-5-2-3-6-14/h4,8,10,14-15H,2-3,5-7,9,11-13H2,1H3,(H2,18,19,21). The predicted molar refractivity (Wildman–Crippen MR) is 93.7 cm³/mol. The van der Waals surface area contributed by atoms with Crippen LogP contribution in [0, 0.1) is 5.92 Å². The van der Waals surface area contributed by atoms with E-state index in [0.29, 0.717) is 5.91 Å². The number of rotatable bonds is 5. The summed E-state index contributed by atoms with van der Waals surface area (Å²) in [5.41, 5.74) is 0. The number of hydrogen-bond acceptors (Lipinski definition) is 3. The van der Waals surface area contributed by atoms with E-state index in [2.05, 4.69) is 20.7 Å². The third-order valence-corrected chi connectivity index (χ3v) is 4.96. The molecule has 2 aliphatic rings. The van der Waals surface area contributed by atoms with E-state index in [1.165, 1.54) is 12.8 Å². The molecule has 0 bridgehead atoms. The molecule has 2 N–H and O–H groups in total. The summed E-state index contributed by atoms with van der Waals surface area (Å²) in [7, 11) is 1.78. The van der Waals surface area contributed by atoms with E-state index in [9.17, 15) is 4.79 Å². The normalized spacial score (nSPS) is 22.1. The van der Waals surface area contributed by atoms with E-state index < -0.39 is 0 Å². The lowest BCUT2D eigenvalue weighted by Crippen LogP contribution is -2.46. The highest BCUT2D eigenvalue weighted by molar-refractivity contribution is 5.81. The molecule has 0 radical (unpaired) electrons. The molecule has 1 atom stereocenters. The Kier molecular flexibility index (Phi) is 5.72. The molecule has 1 aliphatic carbocycles. The van der Waals surface area contributed by atoms with Crippen LogP contribution in [0.4, 0.5) is 0 Å². The summed E-state index contributed by atoms with van der Waals surface area (Å²) in [5, 5.41) is 10.9. The van der Waals surface area contributed by atoms with Gasteiger partial charge in [-0.05, 0) is 25.3 Å². The van der Waals surface area contributed by atoms with Crippen molar-refractivity contribution in [1.82, 2.24) is 25.3 Å². The maximum absolute atomic E-state index is 12.5. The first-order valence-corrected chi connectivity index (χ1v) is 8.99. The Hall–Kier alpha value is -2.05. The van der Waals surface area contributed by atoms with Crippen molar-refractivity contribution in [2.75, 3.05) is 26.7 Å². The number of nitrogens with one attached hydrogen (secondary N) is 2. The molecule has 24 heavy (non-hydrogen) atoms. The molecule has 2 fully saturated rings. The largest absolute Gasteiger partial charge is 0.355 e. The maximum atomic E-state index is 12.5. The Bertz CT molecular complexity index is 549. The van der Waals surface area contributed by atoms with Crippen LogP contribution >= 0.6 is 0 Å². The highest BCUT2D eigenvalue weighted by Gasteiger charge is 2.32. The fourth-order valence-corrected chi connectivity index (χ4v) is 3.62. The number of nitrogens with zero attached hydrogens (tertiary/aromatic N) is 4. The van der Waals surface area contributed by atoms with Crippen LogP contribution in [0.15, 0.2) is 23.5 Å². The van der Waals surface area contributed by atoms with Crippen LogP contribution in [-0.2, 0) is 11.3 Å². The number of aromatic nitrogens is 2. The van der Waals surface area contributed by atoms with Crippen LogP contribution in [0.1, 0.15) is 32.1 Å². The topological polar surface area (TPSA) is 74.6 Å². The molecular weight excluding hydrogens is 304 g/mol. The molecule has 1 saturated carbocycles. The van der Waals surface area contributed by atoms with Gasteiger partial charge in [-0.2, -0.15) is 5.10 Å². The van der Waals surface area contributed by atoms with Crippen molar-refractivity contribution in [3.8, 4) is 0 Å². The van der Waals surface area contributed by atoms with Gasteiger partial charge in [-0.3, -0.25) is 14.5 Å². The molecule has 1 aliphatic heterocycles. The van der Waals surface area contributed by atoms with Gasteiger partial charge >= 0.3 is 0 Å². The fraction of sp³-hybridized carbons (Fsp3) is 0.706. The van der Waals surface area contributed by atoms with Crippen molar-refractivity contribution in [1.29, 1.82) is 0 Å². The SMILES string of the molecule is CN=C(NCCn1cccn1)NC1CCN(C(=O)C2CCCC2)C1. The third kappa shape index (κ3) is 4.27. The van der Waals surface area contributed by atoms with E-state index in [-0.39, 0.29) is 12.0 Å². The van der Waals surface area contributed by atoms with Gasteiger partial charge in [-0.25, -0.2) is 0 Å². The van der Waals surface area contributed by atoms with Crippen LogP contribution in [0.25, 0.3) is 0 Å². The van der Waals surface area contributed by atoms with Crippen molar-refractivity contribution in [2.24, 2.45) is 10.9 Å². The number of amides is 1. The Balaban J connectivity index is 1.40. The number of likely N-dealkylation sites (tertiary alicyclic amines) is 1. The minimum atomic E-state index is 0.273. The van der Waals surface area contributed by atoms with Gasteiger partial charge in [0.05, 0.1) is 6.54 Å². The molecular formula is C17H28N6O. The zero-order valence-corrected chi connectivity index (χ0v) is 14.4. The van der Waals surface area contributed by atoms with Gasteiger partial charge in [0.25, 0.3) is 0 Å². The summed E-state index contributed by atoms with van der Waals surface area (Å²) in [6.07, 6.45) is 9.27. The van der Waals surface area contributed by atoms with Crippen molar-refractivity contribution in [3.05, 3.63) is 18.5 Å². The highest BCUT2D eigenvalue weighted by atomic mass is 16.2. The quantitative estimate of drug-likeness (QED) is 0.619. The molecule has 0 aromatic carbocycles. The zero-order chi connectivity index (χ0) is 16.8. The Morgan fingerprint density at radius 3 is 2.88 bits per heavy atom. The molecule has 1 aromatic heterocycles. The summed E-state index contributed by atoms with van der Waals surface area (Å²) in [6.45, 7) is 3.20. The second-order valence-electron chi connectivity index (χ2n) is 6.66. The van der Waals surface area contributed by atoms with Gasteiger partial charge in [0.2, 0.25) is 5.91 Å². The van der Waals surface area contributed by atoms with E-state index in [0.717, 1.165) is 51.4 Å². The molecule has 7 nitrogen and oxygen atoms in total. The molecule has 0 spiro atoms. The van der Waals surface area contributed by atoms with Crippen molar-refractivity contribution in [3.63, 3.8) is 0 Å². The molecule has 7 heteroatoms. The van der Waals surface area contributed by atoms with Crippen LogP contribution in [0.3, 0.4) is 0 Å². The molecule has 1 amide bonds. The molecule has 3 rings (SSSR count). The Morgan fingerprint density at radius 1 is 1.33 bits per heavy atom. The lowest BCUT2D eigenvalue weighted by atomic mass is 10.1. The minimum absolute atomic E-state index is 0.273. The highest BCUT2D eigenvalue weighted by Crippen LogP contribution is 2.27. The summed E-state index contributed by atoms with van der Waals surface area (Å²) in [4.78, 5) is 18.8. The van der Waals surface area contributed by atoms with Gasteiger partial charge in [0.1, 0.15) is 0 Å². The predicted octanol–water partition coefficient (Wildman–Crippen LogP) is 0.839. The third-order valence-electron chi connectivity index (χ3n) is 4.96. The van der Waals surface area contributed by atoms with Crippen LogP contribution in [0.2, 0.25) is 0 Å². The average Bonchev–Trinajstić information content (AvgIpc) is 3.34. The summed E-state index contributed by atoms with van der Waals surface area (Å²) in [6, 6.07) is 2.20. The zero-order valence-electron chi connectivity index (χ0n) is 14.4. The van der Waals surface area contributed by atoms with Crippen LogP contribution in [-0.4, -0.2) is 59.3 Å². The number of carbonyl (C=O) groups excluding carboxylic acids is 1. The van der Waals surface area contributed by atoms with E-state index in [1.807, 2.05) is 21.8 Å². The van der Waals surface area contributed by atoms with Gasteiger partial charge < -0.3 is 15.5 Å². The second-order valence-corrected chi connectivity index (χ2v) is 6.66. The van der Waals surface area contributed by atoms with Gasteiger partial charge in [0.15, 0.2) is 5.96 Å². The van der Waals surface area contributed by atoms with Crippen LogP contribution < -0.4 is 10.6 Å². The van der Waals surface area contributed by atoms with E-state index >= 15 is 0 Å². The summed E-state index contributed by atoms with van der Waals surface area (Å²) < 4.78 is 1.89. The number of hydrogen-bond donors (Lipinski definition) is 2. The van der Waals surface area contributed by atoms with Gasteiger partial charge in [0, 0.05) is 51.0 Å². The van der Waals surface area contributed by atoms with E-state index in [1.54, 1.807) is 13.2 Å². The summed E-state index contributed by atoms with van der Waals surface area (Å²) >= 11 is 0. The summed E-state index contributed by atoms with van der Waals surface area (Å²) in [5.74, 6) is 1.43. The molecule has 132 valence electrons. The lowest BCUT2D eigenvalue weighted by Gasteiger charge is -2.21. The first kappa shape index (κ1) is 16.8. The number of aliphatic imine (C=N–C) groups is 1. The van der Waals surface area contributed by atoms with E-state index in [4.69, 9.17) is 0 Å². The minimum Gasteiger partial charge on any atom is -0.355 e. The maximum Gasteiger partial charge on any atom is 0.225 e. The average molecular weight is 332 g/mol. The second kappa shape index (κ2) is 8.17. The fourth-order valence-electron chi connectivity index (χ4n) is 3.62. The molecule has 2 heterocycles.